The molecule has 4 nitrogen and oxygen atoms in total. The summed E-state index contributed by atoms with van der Waals surface area (Å²) in [5.74, 6) is 1.08. The highest BCUT2D eigenvalue weighted by atomic mass is 35.5. The van der Waals surface area contributed by atoms with Crippen molar-refractivity contribution < 1.29 is 4.74 Å². The van der Waals surface area contributed by atoms with Gasteiger partial charge in [-0.25, -0.2) is 4.98 Å². The number of nitrogens with two attached hydrogens (primary N) is 1. The number of benzene rings is 2. The van der Waals surface area contributed by atoms with Crippen molar-refractivity contribution in [3.05, 3.63) is 46.7 Å². The molecular formula is C16H13Cl2N3O. The maximum absolute atomic E-state index is 6.17. The predicted molar refractivity (Wildman–Crippen MR) is 89.0 cm³/mol. The Morgan fingerprint density at radius 2 is 1.86 bits per heavy atom. The van der Waals surface area contributed by atoms with Gasteiger partial charge in [0, 0.05) is 17.8 Å². The minimum atomic E-state index is 0.390. The summed E-state index contributed by atoms with van der Waals surface area (Å²) in [5.41, 5.74) is 8.22. The second-order valence-corrected chi connectivity index (χ2v) is 6.26. The Morgan fingerprint density at radius 3 is 2.55 bits per heavy atom. The van der Waals surface area contributed by atoms with Crippen LogP contribution in [0.25, 0.3) is 11.0 Å². The molecule has 0 atom stereocenters. The molecule has 0 radical (unpaired) electrons. The van der Waals surface area contributed by atoms with E-state index in [4.69, 9.17) is 33.7 Å². The molecule has 0 aliphatic heterocycles. The number of rotatable bonds is 3. The lowest BCUT2D eigenvalue weighted by Gasteiger charge is -2.11. The smallest absolute Gasteiger partial charge is 0.164 e. The second-order valence-electron chi connectivity index (χ2n) is 5.45. The Labute approximate surface area is 137 Å². The highest BCUT2D eigenvalue weighted by Crippen LogP contribution is 2.40. The van der Waals surface area contributed by atoms with Crippen LogP contribution in [0.5, 0.6) is 11.5 Å². The Balaban J connectivity index is 1.74. The summed E-state index contributed by atoms with van der Waals surface area (Å²) >= 11 is 12.3. The molecule has 0 saturated heterocycles. The number of imidazole rings is 1. The lowest BCUT2D eigenvalue weighted by atomic mass is 10.2. The fourth-order valence-corrected chi connectivity index (χ4v) is 3.09. The van der Waals surface area contributed by atoms with Gasteiger partial charge >= 0.3 is 0 Å². The molecule has 1 aliphatic rings. The van der Waals surface area contributed by atoms with E-state index in [0.717, 1.165) is 11.0 Å². The third kappa shape index (κ3) is 2.38. The van der Waals surface area contributed by atoms with E-state index in [-0.39, 0.29) is 0 Å². The predicted octanol–water partition coefficient (Wildman–Crippen LogP) is 5.05. The van der Waals surface area contributed by atoms with Gasteiger partial charge < -0.3 is 15.0 Å². The molecule has 1 saturated carbocycles. The second kappa shape index (κ2) is 5.07. The molecular weight excluding hydrogens is 321 g/mol. The number of aromatic nitrogens is 2. The molecule has 1 fully saturated rings. The van der Waals surface area contributed by atoms with Crippen LogP contribution < -0.4 is 10.5 Å². The van der Waals surface area contributed by atoms with Crippen LogP contribution in [0.2, 0.25) is 10.0 Å². The Bertz CT molecular complexity index is 848. The SMILES string of the molecule is Nc1cc(Cl)c(Oc2ccc3ncn(C4CC4)c3c2)c(Cl)c1. The summed E-state index contributed by atoms with van der Waals surface area (Å²) < 4.78 is 8.06. The van der Waals surface area contributed by atoms with Crippen molar-refractivity contribution in [2.75, 3.05) is 5.73 Å². The summed E-state index contributed by atoms with van der Waals surface area (Å²) in [6, 6.07) is 9.55. The van der Waals surface area contributed by atoms with E-state index in [1.165, 1.54) is 12.8 Å². The fourth-order valence-electron chi connectivity index (χ4n) is 2.51. The van der Waals surface area contributed by atoms with Crippen LogP contribution >= 0.6 is 23.2 Å². The van der Waals surface area contributed by atoms with Crippen LogP contribution in [0.4, 0.5) is 5.69 Å². The number of nitrogens with zero attached hydrogens (tertiary/aromatic N) is 2. The van der Waals surface area contributed by atoms with Crippen molar-refractivity contribution in [2.45, 2.75) is 18.9 Å². The molecule has 0 amide bonds. The number of nitrogen functional groups attached to an aromatic ring is 1. The number of fused-ring (bicyclic) bond motifs is 1. The molecule has 112 valence electrons. The topological polar surface area (TPSA) is 53.1 Å². The Kier molecular flexibility index (Phi) is 3.17. The number of ether oxygens (including phenoxy) is 1. The van der Waals surface area contributed by atoms with Gasteiger partial charge in [-0.3, -0.25) is 0 Å². The van der Waals surface area contributed by atoms with Gasteiger partial charge in [0.1, 0.15) is 5.75 Å². The van der Waals surface area contributed by atoms with E-state index < -0.39 is 0 Å². The molecule has 1 aliphatic carbocycles. The summed E-state index contributed by atoms with van der Waals surface area (Å²) in [5, 5.41) is 0.779. The van der Waals surface area contributed by atoms with Gasteiger partial charge in [-0.2, -0.15) is 0 Å². The quantitative estimate of drug-likeness (QED) is 0.682. The van der Waals surface area contributed by atoms with Crippen LogP contribution in [-0.4, -0.2) is 9.55 Å². The number of hydrogen-bond acceptors (Lipinski definition) is 3. The largest absolute Gasteiger partial charge is 0.454 e. The average Bonchev–Trinajstić information content (AvgIpc) is 3.23. The first-order valence-corrected chi connectivity index (χ1v) is 7.76. The van der Waals surface area contributed by atoms with Crippen LogP contribution in [0.3, 0.4) is 0 Å². The highest BCUT2D eigenvalue weighted by Gasteiger charge is 2.25. The zero-order chi connectivity index (χ0) is 15.3. The first-order chi connectivity index (χ1) is 10.6. The number of halogens is 2. The third-order valence-corrected chi connectivity index (χ3v) is 4.29. The van der Waals surface area contributed by atoms with Crippen LogP contribution in [0.15, 0.2) is 36.7 Å². The van der Waals surface area contributed by atoms with Crippen molar-refractivity contribution in [3.8, 4) is 11.5 Å². The zero-order valence-corrected chi connectivity index (χ0v) is 13.1. The normalized spacial score (nSPS) is 14.5. The van der Waals surface area contributed by atoms with Crippen molar-refractivity contribution >= 4 is 39.9 Å². The molecule has 6 heteroatoms. The summed E-state index contributed by atoms with van der Waals surface area (Å²) in [6.07, 6.45) is 4.29. The van der Waals surface area contributed by atoms with Gasteiger partial charge in [0.2, 0.25) is 0 Å². The maximum atomic E-state index is 6.17. The molecule has 0 bridgehead atoms. The van der Waals surface area contributed by atoms with Crippen LogP contribution in [0.1, 0.15) is 18.9 Å². The summed E-state index contributed by atoms with van der Waals surface area (Å²) in [7, 11) is 0. The van der Waals surface area contributed by atoms with E-state index >= 15 is 0 Å². The fraction of sp³-hybridized carbons (Fsp3) is 0.188. The van der Waals surface area contributed by atoms with E-state index in [1.54, 1.807) is 12.1 Å². The van der Waals surface area contributed by atoms with Gasteiger partial charge in [0.25, 0.3) is 0 Å². The third-order valence-electron chi connectivity index (χ3n) is 3.73. The molecule has 1 heterocycles. The van der Waals surface area contributed by atoms with E-state index in [1.807, 2.05) is 24.5 Å². The van der Waals surface area contributed by atoms with E-state index in [9.17, 15) is 0 Å². The van der Waals surface area contributed by atoms with Gasteiger partial charge in [-0.1, -0.05) is 23.2 Å². The van der Waals surface area contributed by atoms with Gasteiger partial charge in [-0.05, 0) is 37.1 Å². The Hall–Kier alpha value is -1.91. The van der Waals surface area contributed by atoms with Gasteiger partial charge in [0.15, 0.2) is 5.75 Å². The molecule has 2 N–H and O–H groups in total. The van der Waals surface area contributed by atoms with Crippen LogP contribution in [-0.2, 0) is 0 Å². The van der Waals surface area contributed by atoms with Crippen molar-refractivity contribution in [1.29, 1.82) is 0 Å². The standard InChI is InChI=1S/C16H13Cl2N3O/c17-12-5-9(19)6-13(18)16(12)22-11-3-4-14-15(7-11)21(8-20-14)10-1-2-10/h3-8,10H,1-2,19H2. The molecule has 0 spiro atoms. The minimum absolute atomic E-state index is 0.390. The minimum Gasteiger partial charge on any atom is -0.454 e. The maximum Gasteiger partial charge on any atom is 0.164 e. The van der Waals surface area contributed by atoms with Crippen molar-refractivity contribution in [2.24, 2.45) is 0 Å². The molecule has 3 aromatic rings. The number of hydrogen-bond donors (Lipinski definition) is 1. The first kappa shape index (κ1) is 13.7. The van der Waals surface area contributed by atoms with Gasteiger partial charge in [0.05, 0.1) is 27.4 Å². The van der Waals surface area contributed by atoms with E-state index in [2.05, 4.69) is 9.55 Å². The average molecular weight is 334 g/mol. The summed E-state index contributed by atoms with van der Waals surface area (Å²) in [6.45, 7) is 0. The zero-order valence-electron chi connectivity index (χ0n) is 11.6. The lowest BCUT2D eigenvalue weighted by Crippen LogP contribution is -1.93. The van der Waals surface area contributed by atoms with Crippen LogP contribution in [0, 0.1) is 0 Å². The Morgan fingerprint density at radius 1 is 1.14 bits per heavy atom. The van der Waals surface area contributed by atoms with E-state index in [0.29, 0.717) is 33.3 Å². The molecule has 0 unspecified atom stereocenters. The summed E-state index contributed by atoms with van der Waals surface area (Å²) in [4.78, 5) is 4.41. The van der Waals surface area contributed by atoms with Gasteiger partial charge in [-0.15, -0.1) is 0 Å². The highest BCUT2D eigenvalue weighted by molar-refractivity contribution is 6.37. The first-order valence-electron chi connectivity index (χ1n) is 7.01. The molecule has 4 rings (SSSR count). The lowest BCUT2D eigenvalue weighted by molar-refractivity contribution is 0.483. The number of anilines is 1. The molecule has 1 aromatic heterocycles. The van der Waals surface area contributed by atoms with Crippen molar-refractivity contribution in [3.63, 3.8) is 0 Å². The molecule has 2 aromatic carbocycles. The monoisotopic (exact) mass is 333 g/mol. The van der Waals surface area contributed by atoms with Crippen molar-refractivity contribution in [1.82, 2.24) is 9.55 Å². The molecule has 22 heavy (non-hydrogen) atoms.